The van der Waals surface area contributed by atoms with Crippen LogP contribution in [0.3, 0.4) is 0 Å². The van der Waals surface area contributed by atoms with E-state index < -0.39 is 55.8 Å². The highest BCUT2D eigenvalue weighted by Crippen LogP contribution is 2.21. The lowest BCUT2D eigenvalue weighted by atomic mass is 9.91. The van der Waals surface area contributed by atoms with E-state index in [-0.39, 0.29) is 0 Å². The minimum Gasteiger partial charge on any atom is -0.462 e. The van der Waals surface area contributed by atoms with E-state index in [1.807, 2.05) is 0 Å². The first-order valence-corrected chi connectivity index (χ1v) is 6.81. The summed E-state index contributed by atoms with van der Waals surface area (Å²) in [5.41, 5.74) is -0.755. The summed E-state index contributed by atoms with van der Waals surface area (Å²) in [6, 6.07) is 0. The van der Waals surface area contributed by atoms with Gasteiger partial charge in [-0.2, -0.15) is 22.0 Å². The fourth-order valence-electron chi connectivity index (χ4n) is 1.15. The van der Waals surface area contributed by atoms with Crippen LogP contribution >= 0.6 is 0 Å². The van der Waals surface area contributed by atoms with Crippen molar-refractivity contribution in [2.75, 3.05) is 26.3 Å². The average Bonchev–Trinajstić information content (AvgIpc) is 2.41. The molecular weight excluding hydrogens is 329 g/mol. The molecule has 136 valence electrons. The van der Waals surface area contributed by atoms with Crippen molar-refractivity contribution in [2.24, 2.45) is 5.41 Å². The number of nitrogens with one attached hydrogen (secondary N) is 1. The van der Waals surface area contributed by atoms with Crippen molar-refractivity contribution in [1.82, 2.24) is 5.32 Å². The third kappa shape index (κ3) is 8.68. The van der Waals surface area contributed by atoms with Gasteiger partial charge in [0.05, 0.1) is 18.5 Å². The van der Waals surface area contributed by atoms with Crippen LogP contribution in [0.5, 0.6) is 0 Å². The fraction of sp³-hybridized carbons (Fsp3) is 0.846. The van der Waals surface area contributed by atoms with E-state index in [0.29, 0.717) is 6.42 Å². The summed E-state index contributed by atoms with van der Waals surface area (Å²) in [6.07, 6.45) is -4.17. The van der Waals surface area contributed by atoms with Crippen LogP contribution in [0, 0.1) is 5.41 Å². The molecule has 1 N–H and O–H groups in total. The standard InChI is InChI=1S/C13H20F5NO4/c1-4-11(2,3)9(20)22-5-6-23-10(21)12(14,15)7-19-8-13(16,17)18/h19H,4-8H2,1-3H3. The van der Waals surface area contributed by atoms with Gasteiger partial charge in [-0.05, 0) is 20.3 Å². The van der Waals surface area contributed by atoms with Gasteiger partial charge in [-0.3, -0.25) is 4.79 Å². The van der Waals surface area contributed by atoms with Crippen molar-refractivity contribution < 1.29 is 41.0 Å². The van der Waals surface area contributed by atoms with Crippen LogP contribution in [0.1, 0.15) is 27.2 Å². The Labute approximate surface area is 130 Å². The quantitative estimate of drug-likeness (QED) is 0.393. The van der Waals surface area contributed by atoms with E-state index in [4.69, 9.17) is 4.74 Å². The molecule has 0 unspecified atom stereocenters. The number of ether oxygens (including phenoxy) is 2. The molecule has 0 radical (unpaired) electrons. The molecule has 0 spiro atoms. The summed E-state index contributed by atoms with van der Waals surface area (Å²) in [4.78, 5) is 22.6. The third-order valence-corrected chi connectivity index (χ3v) is 2.96. The highest BCUT2D eigenvalue weighted by Gasteiger charge is 2.41. The van der Waals surface area contributed by atoms with Crippen LogP contribution in [0.15, 0.2) is 0 Å². The fourth-order valence-corrected chi connectivity index (χ4v) is 1.15. The molecule has 0 amide bonds. The molecule has 0 saturated carbocycles. The Balaban J connectivity index is 4.11. The van der Waals surface area contributed by atoms with E-state index in [2.05, 4.69) is 4.74 Å². The summed E-state index contributed by atoms with van der Waals surface area (Å²) in [7, 11) is 0. The van der Waals surface area contributed by atoms with E-state index in [1.54, 1.807) is 20.8 Å². The van der Waals surface area contributed by atoms with Crippen LogP contribution in [0.4, 0.5) is 22.0 Å². The predicted octanol–water partition coefficient (Wildman–Crippen LogP) is 2.30. The van der Waals surface area contributed by atoms with Crippen LogP contribution in [0.25, 0.3) is 0 Å². The zero-order chi connectivity index (χ0) is 18.3. The van der Waals surface area contributed by atoms with Crippen molar-refractivity contribution in [3.8, 4) is 0 Å². The summed E-state index contributed by atoms with van der Waals surface area (Å²) in [5.74, 6) is -6.68. The van der Waals surface area contributed by atoms with Crippen LogP contribution in [0.2, 0.25) is 0 Å². The second-order valence-corrected chi connectivity index (χ2v) is 5.43. The van der Waals surface area contributed by atoms with E-state index in [0.717, 1.165) is 0 Å². The van der Waals surface area contributed by atoms with Gasteiger partial charge < -0.3 is 14.8 Å². The van der Waals surface area contributed by atoms with Crippen molar-refractivity contribution in [3.05, 3.63) is 0 Å². The first-order chi connectivity index (χ1) is 10.3. The first kappa shape index (κ1) is 21.6. The third-order valence-electron chi connectivity index (χ3n) is 2.96. The molecular formula is C13H20F5NO4. The number of hydrogen-bond acceptors (Lipinski definition) is 5. The molecule has 0 aliphatic carbocycles. The number of alkyl halides is 5. The summed E-state index contributed by atoms with van der Waals surface area (Å²) in [6.45, 7) is 0.826. The number of carbonyl (C=O) groups excluding carboxylic acids is 2. The molecule has 0 saturated heterocycles. The molecule has 0 heterocycles. The van der Waals surface area contributed by atoms with Crippen LogP contribution < -0.4 is 5.32 Å². The monoisotopic (exact) mass is 349 g/mol. The molecule has 0 aliphatic rings. The molecule has 0 fully saturated rings. The minimum atomic E-state index is -4.67. The molecule has 0 aromatic heterocycles. The number of esters is 2. The van der Waals surface area contributed by atoms with Crippen LogP contribution in [-0.4, -0.2) is 50.3 Å². The van der Waals surface area contributed by atoms with Gasteiger partial charge in [0.2, 0.25) is 0 Å². The highest BCUT2D eigenvalue weighted by molar-refractivity contribution is 5.78. The average molecular weight is 349 g/mol. The minimum absolute atomic E-state index is 0.417. The molecule has 0 aliphatic heterocycles. The summed E-state index contributed by atoms with van der Waals surface area (Å²) in [5, 5.41) is 1.42. The Bertz CT molecular complexity index is 410. The molecule has 0 atom stereocenters. The van der Waals surface area contributed by atoms with Gasteiger partial charge >= 0.3 is 24.0 Å². The summed E-state index contributed by atoms with van der Waals surface area (Å²) < 4.78 is 70.8. The zero-order valence-corrected chi connectivity index (χ0v) is 13.1. The lowest BCUT2D eigenvalue weighted by Crippen LogP contribution is -2.44. The molecule has 0 rings (SSSR count). The highest BCUT2D eigenvalue weighted by atomic mass is 19.4. The first-order valence-electron chi connectivity index (χ1n) is 6.81. The Kier molecular flexibility index (Phi) is 7.89. The maximum atomic E-state index is 13.2. The number of rotatable bonds is 9. The maximum Gasteiger partial charge on any atom is 0.401 e. The van der Waals surface area contributed by atoms with E-state index in [9.17, 15) is 31.5 Å². The Hall–Kier alpha value is -1.45. The van der Waals surface area contributed by atoms with Gasteiger partial charge in [0, 0.05) is 0 Å². The van der Waals surface area contributed by atoms with Crippen molar-refractivity contribution >= 4 is 11.9 Å². The Morgan fingerprint density at radius 2 is 1.39 bits per heavy atom. The normalized spacial score (nSPS) is 12.9. The number of hydrogen-bond donors (Lipinski definition) is 1. The molecule has 10 heteroatoms. The van der Waals surface area contributed by atoms with Gasteiger partial charge in [0.15, 0.2) is 0 Å². The smallest absolute Gasteiger partial charge is 0.401 e. The van der Waals surface area contributed by atoms with Crippen molar-refractivity contribution in [3.63, 3.8) is 0 Å². The summed E-state index contributed by atoms with van der Waals surface area (Å²) >= 11 is 0. The Morgan fingerprint density at radius 3 is 1.83 bits per heavy atom. The molecule has 0 aromatic carbocycles. The largest absolute Gasteiger partial charge is 0.462 e. The lowest BCUT2D eigenvalue weighted by molar-refractivity contribution is -0.176. The maximum absolute atomic E-state index is 13.2. The SMILES string of the molecule is CCC(C)(C)C(=O)OCCOC(=O)C(F)(F)CNCC(F)(F)F. The topological polar surface area (TPSA) is 64.6 Å². The number of carbonyl (C=O) groups is 2. The van der Waals surface area contributed by atoms with E-state index in [1.165, 1.54) is 5.32 Å². The van der Waals surface area contributed by atoms with E-state index >= 15 is 0 Å². The molecule has 0 bridgehead atoms. The molecule has 5 nitrogen and oxygen atoms in total. The van der Waals surface area contributed by atoms with Gasteiger partial charge in [-0.1, -0.05) is 6.92 Å². The van der Waals surface area contributed by atoms with Crippen molar-refractivity contribution in [1.29, 1.82) is 0 Å². The Morgan fingerprint density at radius 1 is 0.913 bits per heavy atom. The van der Waals surface area contributed by atoms with Crippen LogP contribution in [-0.2, 0) is 19.1 Å². The van der Waals surface area contributed by atoms with Crippen molar-refractivity contribution in [2.45, 2.75) is 39.3 Å². The molecule has 0 aromatic rings. The second-order valence-electron chi connectivity index (χ2n) is 5.43. The van der Waals surface area contributed by atoms with Gasteiger partial charge in [0.1, 0.15) is 13.2 Å². The zero-order valence-electron chi connectivity index (χ0n) is 13.1. The number of halogens is 5. The van der Waals surface area contributed by atoms with Gasteiger partial charge in [0.25, 0.3) is 0 Å². The van der Waals surface area contributed by atoms with Gasteiger partial charge in [-0.15, -0.1) is 0 Å². The predicted molar refractivity (Wildman–Crippen MR) is 69.9 cm³/mol. The second kappa shape index (κ2) is 8.42. The lowest BCUT2D eigenvalue weighted by Gasteiger charge is -2.20. The van der Waals surface area contributed by atoms with Gasteiger partial charge in [-0.25, -0.2) is 4.79 Å². The molecule has 23 heavy (non-hydrogen) atoms.